The molecule has 4 rings (SSSR count). The zero-order valence-electron chi connectivity index (χ0n) is 14.2. The fourth-order valence-electron chi connectivity index (χ4n) is 2.99. The van der Waals surface area contributed by atoms with Crippen molar-refractivity contribution in [3.63, 3.8) is 0 Å². The summed E-state index contributed by atoms with van der Waals surface area (Å²) in [6.07, 6.45) is 1.75. The second-order valence-electron chi connectivity index (χ2n) is 6.00. The van der Waals surface area contributed by atoms with Crippen molar-refractivity contribution < 1.29 is 4.79 Å². The van der Waals surface area contributed by atoms with Crippen LogP contribution >= 0.6 is 34.5 Å². The number of hydrogen-bond acceptors (Lipinski definition) is 2. The van der Waals surface area contributed by atoms with Crippen LogP contribution in [0.5, 0.6) is 0 Å². The summed E-state index contributed by atoms with van der Waals surface area (Å²) in [5, 5.41) is 3.16. The fraction of sp³-hybridized carbons (Fsp3) is 0.0476. The molecule has 0 saturated carbocycles. The van der Waals surface area contributed by atoms with Gasteiger partial charge in [-0.15, -0.1) is 6.58 Å². The molecule has 134 valence electrons. The molecular weight excluding hydrogens is 399 g/mol. The second kappa shape index (κ2) is 7.31. The lowest BCUT2D eigenvalue weighted by molar-refractivity contribution is 0.0998. The highest BCUT2D eigenvalue weighted by Crippen LogP contribution is 2.29. The van der Waals surface area contributed by atoms with E-state index in [0.29, 0.717) is 27.0 Å². The predicted molar refractivity (Wildman–Crippen MR) is 114 cm³/mol. The molecular formula is C21H14Cl2N2OS. The Kier molecular flexibility index (Phi) is 4.87. The minimum absolute atomic E-state index is 0.299. The molecule has 1 heterocycles. The first kappa shape index (κ1) is 18.0. The van der Waals surface area contributed by atoms with Gasteiger partial charge in [0.1, 0.15) is 0 Å². The lowest BCUT2D eigenvalue weighted by atomic mass is 10.1. The summed E-state index contributed by atoms with van der Waals surface area (Å²) in [6.45, 7) is 4.28. The van der Waals surface area contributed by atoms with Gasteiger partial charge in [-0.3, -0.25) is 4.79 Å². The summed E-state index contributed by atoms with van der Waals surface area (Å²) in [4.78, 5) is 17.7. The van der Waals surface area contributed by atoms with E-state index in [9.17, 15) is 4.79 Å². The Balaban J connectivity index is 1.87. The fourth-order valence-corrected chi connectivity index (χ4v) is 4.81. The van der Waals surface area contributed by atoms with Crippen LogP contribution in [0.3, 0.4) is 0 Å². The van der Waals surface area contributed by atoms with Gasteiger partial charge in [0.25, 0.3) is 5.91 Å². The Hall–Kier alpha value is -2.40. The van der Waals surface area contributed by atoms with Gasteiger partial charge in [0.05, 0.1) is 15.2 Å². The minimum atomic E-state index is -0.299. The first-order valence-corrected chi connectivity index (χ1v) is 9.81. The quantitative estimate of drug-likeness (QED) is 0.374. The number of fused-ring (bicyclic) bond motifs is 2. The molecule has 0 unspecified atom stereocenters. The van der Waals surface area contributed by atoms with Gasteiger partial charge in [-0.05, 0) is 35.0 Å². The molecule has 0 aliphatic heterocycles. The van der Waals surface area contributed by atoms with Gasteiger partial charge < -0.3 is 4.57 Å². The first-order valence-electron chi connectivity index (χ1n) is 8.24. The van der Waals surface area contributed by atoms with Gasteiger partial charge in [-0.1, -0.05) is 70.9 Å². The maximum absolute atomic E-state index is 12.8. The molecule has 0 fully saturated rings. The molecule has 3 aromatic carbocycles. The van der Waals surface area contributed by atoms with E-state index in [1.165, 1.54) is 11.3 Å². The summed E-state index contributed by atoms with van der Waals surface area (Å²) in [6, 6.07) is 17.0. The van der Waals surface area contributed by atoms with Crippen LogP contribution in [0.1, 0.15) is 10.4 Å². The second-order valence-corrected chi connectivity index (χ2v) is 7.85. The van der Waals surface area contributed by atoms with Crippen LogP contribution in [0.2, 0.25) is 10.0 Å². The smallest absolute Gasteiger partial charge is 0.279 e. The monoisotopic (exact) mass is 412 g/mol. The van der Waals surface area contributed by atoms with Crippen molar-refractivity contribution in [3.8, 4) is 0 Å². The van der Waals surface area contributed by atoms with Crippen LogP contribution in [0.25, 0.3) is 21.0 Å². The summed E-state index contributed by atoms with van der Waals surface area (Å²) in [5.74, 6) is -0.299. The van der Waals surface area contributed by atoms with Crippen molar-refractivity contribution >= 4 is 61.4 Å². The van der Waals surface area contributed by atoms with Gasteiger partial charge in [0.2, 0.25) is 0 Å². The number of thiazole rings is 1. The summed E-state index contributed by atoms with van der Waals surface area (Å²) >= 11 is 13.9. The Bertz CT molecular complexity index is 1270. The number of nitrogens with zero attached hydrogens (tertiary/aromatic N) is 2. The molecule has 1 aromatic heterocycles. The van der Waals surface area contributed by atoms with Crippen LogP contribution in [-0.4, -0.2) is 10.5 Å². The van der Waals surface area contributed by atoms with Gasteiger partial charge in [-0.2, -0.15) is 4.99 Å². The predicted octanol–water partition coefficient (Wildman–Crippen LogP) is 6.09. The highest BCUT2D eigenvalue weighted by atomic mass is 35.5. The van der Waals surface area contributed by atoms with E-state index in [4.69, 9.17) is 23.2 Å². The molecule has 0 radical (unpaired) electrons. The maximum atomic E-state index is 12.8. The van der Waals surface area contributed by atoms with Gasteiger partial charge in [0.15, 0.2) is 4.80 Å². The zero-order chi connectivity index (χ0) is 19.0. The molecule has 0 aliphatic rings. The number of amides is 1. The number of rotatable bonds is 3. The number of halogens is 2. The third kappa shape index (κ3) is 3.44. The van der Waals surface area contributed by atoms with E-state index in [0.717, 1.165) is 21.0 Å². The third-order valence-corrected chi connectivity index (χ3v) is 5.73. The number of hydrogen-bond donors (Lipinski definition) is 0. The molecule has 0 saturated heterocycles. The highest BCUT2D eigenvalue weighted by Gasteiger charge is 2.12. The topological polar surface area (TPSA) is 34.4 Å². The SMILES string of the molecule is C=CCn1c(=NC(=O)c2ccc3ccccc3c2)sc2cc(Cl)cc(Cl)c21. The van der Waals surface area contributed by atoms with Crippen molar-refractivity contribution in [2.45, 2.75) is 6.54 Å². The van der Waals surface area contributed by atoms with Crippen molar-refractivity contribution in [2.75, 3.05) is 0 Å². The Morgan fingerprint density at radius 1 is 1.11 bits per heavy atom. The molecule has 6 heteroatoms. The average molecular weight is 413 g/mol. The van der Waals surface area contributed by atoms with Crippen molar-refractivity contribution in [2.24, 2.45) is 4.99 Å². The lowest BCUT2D eigenvalue weighted by Gasteiger charge is -2.03. The molecule has 1 amide bonds. The molecule has 4 aromatic rings. The van der Waals surface area contributed by atoms with Crippen molar-refractivity contribution in [3.05, 3.63) is 87.7 Å². The van der Waals surface area contributed by atoms with Crippen LogP contribution in [-0.2, 0) is 6.54 Å². The van der Waals surface area contributed by atoms with E-state index in [2.05, 4.69) is 11.6 Å². The van der Waals surface area contributed by atoms with Gasteiger partial charge in [0, 0.05) is 17.1 Å². The van der Waals surface area contributed by atoms with E-state index in [1.807, 2.05) is 47.0 Å². The van der Waals surface area contributed by atoms with Crippen LogP contribution in [0.15, 0.2) is 72.2 Å². The highest BCUT2D eigenvalue weighted by molar-refractivity contribution is 7.16. The van der Waals surface area contributed by atoms with Gasteiger partial charge >= 0.3 is 0 Å². The number of aromatic nitrogens is 1. The Morgan fingerprint density at radius 3 is 2.67 bits per heavy atom. The molecule has 0 aliphatic carbocycles. The van der Waals surface area contributed by atoms with E-state index < -0.39 is 0 Å². The van der Waals surface area contributed by atoms with Crippen molar-refractivity contribution in [1.29, 1.82) is 0 Å². The molecule has 0 atom stereocenters. The normalized spacial score (nSPS) is 12.0. The van der Waals surface area contributed by atoms with E-state index in [1.54, 1.807) is 18.2 Å². The van der Waals surface area contributed by atoms with Crippen LogP contribution in [0.4, 0.5) is 0 Å². The van der Waals surface area contributed by atoms with E-state index >= 15 is 0 Å². The van der Waals surface area contributed by atoms with E-state index in [-0.39, 0.29) is 5.91 Å². The Labute approximate surface area is 169 Å². The summed E-state index contributed by atoms with van der Waals surface area (Å²) in [5.41, 5.74) is 1.34. The van der Waals surface area contributed by atoms with Crippen molar-refractivity contribution in [1.82, 2.24) is 4.57 Å². The first-order chi connectivity index (χ1) is 13.1. The molecule has 27 heavy (non-hydrogen) atoms. The molecule has 3 nitrogen and oxygen atoms in total. The van der Waals surface area contributed by atoms with Gasteiger partial charge in [-0.25, -0.2) is 0 Å². The Morgan fingerprint density at radius 2 is 1.89 bits per heavy atom. The number of carbonyl (C=O) groups excluding carboxylic acids is 1. The summed E-state index contributed by atoms with van der Waals surface area (Å²) in [7, 11) is 0. The molecule has 0 N–H and O–H groups in total. The summed E-state index contributed by atoms with van der Waals surface area (Å²) < 4.78 is 2.75. The average Bonchev–Trinajstić information content (AvgIpc) is 2.98. The minimum Gasteiger partial charge on any atom is -0.311 e. The van der Waals surface area contributed by atoms with Crippen LogP contribution in [0, 0.1) is 0 Å². The van der Waals surface area contributed by atoms with Crippen LogP contribution < -0.4 is 4.80 Å². The number of allylic oxidation sites excluding steroid dienone is 1. The molecule has 0 bridgehead atoms. The standard InChI is InChI=1S/C21H14Cl2N2OS/c1-2-9-25-19-17(23)11-16(22)12-18(19)27-21(25)24-20(26)15-8-7-13-5-3-4-6-14(13)10-15/h2-8,10-12H,1,9H2. The zero-order valence-corrected chi connectivity index (χ0v) is 16.5. The largest absolute Gasteiger partial charge is 0.311 e. The lowest BCUT2D eigenvalue weighted by Crippen LogP contribution is -2.16. The maximum Gasteiger partial charge on any atom is 0.279 e. The number of carbonyl (C=O) groups is 1. The molecule has 0 spiro atoms. The third-order valence-electron chi connectivity index (χ3n) is 4.20. The number of benzene rings is 3.